The molecule has 1 aliphatic carbocycles. The highest BCUT2D eigenvalue weighted by molar-refractivity contribution is 9.09. The predicted octanol–water partition coefficient (Wildman–Crippen LogP) is 3.72. The van der Waals surface area contributed by atoms with Crippen LogP contribution in [-0.2, 0) is 4.79 Å². The van der Waals surface area contributed by atoms with Gasteiger partial charge in [0.05, 0.1) is 5.92 Å². The second kappa shape index (κ2) is 7.09. The van der Waals surface area contributed by atoms with Crippen LogP contribution in [0.1, 0.15) is 37.7 Å². The highest BCUT2D eigenvalue weighted by Gasteiger charge is 2.27. The lowest BCUT2D eigenvalue weighted by Crippen LogP contribution is -2.33. The van der Waals surface area contributed by atoms with Crippen LogP contribution in [0.3, 0.4) is 0 Å². The molecule has 0 radical (unpaired) electrons. The second-order valence-corrected chi connectivity index (χ2v) is 6.13. The topological polar surface area (TPSA) is 29.1 Å². The molecule has 0 bridgehead atoms. The van der Waals surface area contributed by atoms with Gasteiger partial charge in [-0.3, -0.25) is 4.79 Å². The van der Waals surface area contributed by atoms with Crippen molar-refractivity contribution in [3.8, 4) is 0 Å². The van der Waals surface area contributed by atoms with Crippen LogP contribution in [0.15, 0.2) is 30.3 Å². The first-order valence-corrected chi connectivity index (χ1v) is 8.23. The summed E-state index contributed by atoms with van der Waals surface area (Å²) in [5.41, 5.74) is 1.09. The Bertz CT molecular complexity index is 406. The van der Waals surface area contributed by atoms with E-state index in [2.05, 4.69) is 21.2 Å². The van der Waals surface area contributed by atoms with E-state index in [1.807, 2.05) is 37.3 Å². The van der Waals surface area contributed by atoms with Crippen LogP contribution in [0, 0.1) is 11.8 Å². The Hall–Kier alpha value is -0.830. The van der Waals surface area contributed by atoms with Crippen molar-refractivity contribution in [1.82, 2.24) is 5.32 Å². The van der Waals surface area contributed by atoms with Crippen LogP contribution in [0.2, 0.25) is 0 Å². The highest BCUT2D eigenvalue weighted by atomic mass is 79.9. The van der Waals surface area contributed by atoms with E-state index in [4.69, 9.17) is 0 Å². The number of nitrogens with one attached hydrogen (secondary N) is 1. The van der Waals surface area contributed by atoms with E-state index in [0.717, 1.165) is 23.4 Å². The minimum Gasteiger partial charge on any atom is -0.355 e. The lowest BCUT2D eigenvalue weighted by molar-refractivity contribution is -0.122. The molecule has 0 spiro atoms. The highest BCUT2D eigenvalue weighted by Crippen LogP contribution is 2.32. The molecule has 0 aromatic heterocycles. The molecule has 1 amide bonds. The number of benzene rings is 1. The molecule has 1 fully saturated rings. The maximum Gasteiger partial charge on any atom is 0.227 e. The van der Waals surface area contributed by atoms with E-state index in [0.29, 0.717) is 5.92 Å². The number of carbonyl (C=O) groups excluding carboxylic acids is 1. The van der Waals surface area contributed by atoms with Gasteiger partial charge in [0.15, 0.2) is 0 Å². The minimum atomic E-state index is -0.0648. The Morgan fingerprint density at radius 1 is 1.32 bits per heavy atom. The number of carbonyl (C=O) groups is 1. The van der Waals surface area contributed by atoms with Crippen molar-refractivity contribution in [3.63, 3.8) is 0 Å². The van der Waals surface area contributed by atoms with Gasteiger partial charge >= 0.3 is 0 Å². The van der Waals surface area contributed by atoms with Crippen molar-refractivity contribution in [2.45, 2.75) is 32.1 Å². The summed E-state index contributed by atoms with van der Waals surface area (Å²) in [6, 6.07) is 9.98. The number of alkyl halides is 1. The predicted molar refractivity (Wildman–Crippen MR) is 82.5 cm³/mol. The summed E-state index contributed by atoms with van der Waals surface area (Å²) in [7, 11) is 0. The molecule has 1 saturated carbocycles. The molecule has 1 N–H and O–H groups in total. The van der Waals surface area contributed by atoms with Gasteiger partial charge in [-0.25, -0.2) is 0 Å². The van der Waals surface area contributed by atoms with Gasteiger partial charge in [0.2, 0.25) is 5.91 Å². The number of hydrogen-bond donors (Lipinski definition) is 1. The first-order valence-electron chi connectivity index (χ1n) is 7.11. The third-order valence-electron chi connectivity index (χ3n) is 4.25. The van der Waals surface area contributed by atoms with Gasteiger partial charge in [-0.2, -0.15) is 0 Å². The number of rotatable bonds is 5. The molecule has 104 valence electrons. The van der Waals surface area contributed by atoms with Gasteiger partial charge < -0.3 is 5.32 Å². The van der Waals surface area contributed by atoms with Gasteiger partial charge in [-0.05, 0) is 37.2 Å². The first-order chi connectivity index (χ1) is 9.22. The molecule has 0 aliphatic heterocycles. The quantitative estimate of drug-likeness (QED) is 0.822. The fraction of sp³-hybridized carbons (Fsp3) is 0.562. The van der Waals surface area contributed by atoms with Crippen LogP contribution in [0.4, 0.5) is 0 Å². The number of hydrogen-bond acceptors (Lipinski definition) is 1. The standard InChI is InChI=1S/C16H22BrNO/c1-12(13-6-3-2-4-7-13)16(19)18-11-15-9-5-8-14(15)10-17/h2-4,6-7,12,14-15H,5,8-11H2,1H3,(H,18,19). The molecule has 3 unspecified atom stereocenters. The van der Waals surface area contributed by atoms with Gasteiger partial charge in [0, 0.05) is 11.9 Å². The summed E-state index contributed by atoms with van der Waals surface area (Å²) >= 11 is 3.58. The van der Waals surface area contributed by atoms with Crippen molar-refractivity contribution in [2.75, 3.05) is 11.9 Å². The minimum absolute atomic E-state index is 0.0648. The molecule has 1 aliphatic rings. The van der Waals surface area contributed by atoms with Crippen molar-refractivity contribution in [2.24, 2.45) is 11.8 Å². The lowest BCUT2D eigenvalue weighted by Gasteiger charge is -2.19. The lowest BCUT2D eigenvalue weighted by atomic mass is 9.97. The van der Waals surface area contributed by atoms with Gasteiger partial charge in [0.1, 0.15) is 0 Å². The molecule has 2 nitrogen and oxygen atoms in total. The van der Waals surface area contributed by atoms with E-state index in [9.17, 15) is 4.79 Å². The van der Waals surface area contributed by atoms with Gasteiger partial charge in [-0.1, -0.05) is 52.7 Å². The monoisotopic (exact) mass is 323 g/mol. The SMILES string of the molecule is CC(C(=O)NCC1CCCC1CBr)c1ccccc1. The van der Waals surface area contributed by atoms with Crippen LogP contribution >= 0.6 is 15.9 Å². The Kier molecular flexibility index (Phi) is 5.44. The molecule has 3 atom stereocenters. The van der Waals surface area contributed by atoms with Crippen LogP contribution in [0.5, 0.6) is 0 Å². The fourth-order valence-electron chi connectivity index (χ4n) is 2.86. The molecule has 0 heterocycles. The average Bonchev–Trinajstić information content (AvgIpc) is 2.92. The summed E-state index contributed by atoms with van der Waals surface area (Å²) in [5.74, 6) is 1.45. The van der Waals surface area contributed by atoms with E-state index < -0.39 is 0 Å². The smallest absolute Gasteiger partial charge is 0.227 e. The van der Waals surface area contributed by atoms with Crippen molar-refractivity contribution in [1.29, 1.82) is 0 Å². The normalized spacial score (nSPS) is 24.1. The van der Waals surface area contributed by atoms with Crippen LogP contribution in [0.25, 0.3) is 0 Å². The molecule has 1 aromatic rings. The third kappa shape index (κ3) is 3.82. The summed E-state index contributed by atoms with van der Waals surface area (Å²) in [4.78, 5) is 12.2. The van der Waals surface area contributed by atoms with Crippen molar-refractivity contribution < 1.29 is 4.79 Å². The Labute approximate surface area is 124 Å². The third-order valence-corrected chi connectivity index (χ3v) is 5.08. The maximum atomic E-state index is 12.2. The molecular weight excluding hydrogens is 302 g/mol. The zero-order valence-corrected chi connectivity index (χ0v) is 13.0. The molecule has 3 heteroatoms. The van der Waals surface area contributed by atoms with E-state index in [1.54, 1.807) is 0 Å². The Morgan fingerprint density at radius 3 is 2.68 bits per heavy atom. The second-order valence-electron chi connectivity index (χ2n) is 5.48. The summed E-state index contributed by atoms with van der Waals surface area (Å²) < 4.78 is 0. The Balaban J connectivity index is 1.84. The zero-order chi connectivity index (χ0) is 13.7. The van der Waals surface area contributed by atoms with Crippen LogP contribution < -0.4 is 5.32 Å². The molecule has 0 saturated heterocycles. The average molecular weight is 324 g/mol. The fourth-order valence-corrected chi connectivity index (χ4v) is 3.72. The largest absolute Gasteiger partial charge is 0.355 e. The van der Waals surface area contributed by atoms with Crippen molar-refractivity contribution in [3.05, 3.63) is 35.9 Å². The zero-order valence-electron chi connectivity index (χ0n) is 11.4. The molecular formula is C16H22BrNO. The van der Waals surface area contributed by atoms with E-state index in [-0.39, 0.29) is 11.8 Å². The molecule has 2 rings (SSSR count). The number of amides is 1. The van der Waals surface area contributed by atoms with E-state index in [1.165, 1.54) is 19.3 Å². The Morgan fingerprint density at radius 2 is 2.00 bits per heavy atom. The summed E-state index contributed by atoms with van der Waals surface area (Å²) in [5, 5.41) is 4.18. The molecule has 1 aromatic carbocycles. The number of halogens is 1. The molecule has 19 heavy (non-hydrogen) atoms. The first kappa shape index (κ1) is 14.6. The van der Waals surface area contributed by atoms with Crippen LogP contribution in [-0.4, -0.2) is 17.8 Å². The summed E-state index contributed by atoms with van der Waals surface area (Å²) in [6.07, 6.45) is 3.83. The maximum absolute atomic E-state index is 12.2. The van der Waals surface area contributed by atoms with E-state index >= 15 is 0 Å². The van der Waals surface area contributed by atoms with Gasteiger partial charge in [0.25, 0.3) is 0 Å². The van der Waals surface area contributed by atoms with Crippen molar-refractivity contribution >= 4 is 21.8 Å². The van der Waals surface area contributed by atoms with Gasteiger partial charge in [-0.15, -0.1) is 0 Å². The summed E-state index contributed by atoms with van der Waals surface area (Å²) in [6.45, 7) is 2.80.